The van der Waals surface area contributed by atoms with Gasteiger partial charge in [0.25, 0.3) is 0 Å². The zero-order valence-corrected chi connectivity index (χ0v) is 14.2. The van der Waals surface area contributed by atoms with Gasteiger partial charge in [0, 0.05) is 45.2 Å². The van der Waals surface area contributed by atoms with Crippen LogP contribution in [0.4, 0.5) is 5.69 Å². The van der Waals surface area contributed by atoms with E-state index < -0.39 is 0 Å². The van der Waals surface area contributed by atoms with Crippen LogP contribution in [0.1, 0.15) is 12.5 Å². The number of rotatable bonds is 3. The van der Waals surface area contributed by atoms with Gasteiger partial charge in [-0.2, -0.15) is 0 Å². The van der Waals surface area contributed by atoms with Gasteiger partial charge < -0.3 is 4.57 Å². The fraction of sp³-hybridized carbons (Fsp3) is 0.0952. The highest BCUT2D eigenvalue weighted by Crippen LogP contribution is 2.31. The molecule has 0 aliphatic rings. The van der Waals surface area contributed by atoms with Crippen LogP contribution in [0.3, 0.4) is 0 Å². The molecule has 2 nitrogen and oxygen atoms in total. The Bertz CT molecular complexity index is 1060. The van der Waals surface area contributed by atoms with E-state index in [0.29, 0.717) is 5.02 Å². The van der Waals surface area contributed by atoms with Crippen molar-refractivity contribution in [2.75, 3.05) is 0 Å². The lowest BCUT2D eigenvalue weighted by Gasteiger charge is -2.02. The molecule has 0 N–H and O–H groups in total. The van der Waals surface area contributed by atoms with E-state index in [0.717, 1.165) is 17.8 Å². The Hall–Kier alpha value is -2.58. The maximum atomic E-state index is 6.19. The van der Waals surface area contributed by atoms with Crippen molar-refractivity contribution in [3.05, 3.63) is 77.3 Å². The number of aromatic nitrogens is 1. The molecule has 0 aliphatic carbocycles. The standard InChI is InChI=1S/C21H17ClN2/c1-2-24-20-10-6-4-8-17(20)18-13-16(11-12-21(18)24)23-14-15-7-3-5-9-19(15)22/h3-14H,2H2,1H3. The predicted molar refractivity (Wildman–Crippen MR) is 104 cm³/mol. The molecule has 1 aromatic heterocycles. The van der Waals surface area contributed by atoms with Crippen LogP contribution in [-0.2, 0) is 6.54 Å². The molecule has 0 amide bonds. The molecule has 0 saturated heterocycles. The molecule has 3 heteroatoms. The van der Waals surface area contributed by atoms with Crippen molar-refractivity contribution in [3.63, 3.8) is 0 Å². The number of hydrogen-bond donors (Lipinski definition) is 0. The molecular formula is C21H17ClN2. The van der Waals surface area contributed by atoms with Crippen LogP contribution in [0.5, 0.6) is 0 Å². The molecule has 24 heavy (non-hydrogen) atoms. The van der Waals surface area contributed by atoms with E-state index in [1.54, 1.807) is 0 Å². The summed E-state index contributed by atoms with van der Waals surface area (Å²) in [6.07, 6.45) is 1.82. The lowest BCUT2D eigenvalue weighted by molar-refractivity contribution is 0.827. The minimum atomic E-state index is 0.713. The smallest absolute Gasteiger partial charge is 0.0637 e. The first-order chi connectivity index (χ1) is 11.8. The SMILES string of the molecule is CCn1c2ccccc2c2cc(N=Cc3ccccc3Cl)ccc21. The number of aryl methyl sites for hydroxylation is 1. The second kappa shape index (κ2) is 6.14. The van der Waals surface area contributed by atoms with E-state index in [1.165, 1.54) is 21.8 Å². The zero-order chi connectivity index (χ0) is 16.5. The van der Waals surface area contributed by atoms with Gasteiger partial charge >= 0.3 is 0 Å². The normalized spacial score (nSPS) is 11.8. The van der Waals surface area contributed by atoms with Crippen molar-refractivity contribution in [3.8, 4) is 0 Å². The van der Waals surface area contributed by atoms with Crippen molar-refractivity contribution >= 4 is 45.3 Å². The van der Waals surface area contributed by atoms with Gasteiger partial charge in [-0.05, 0) is 37.3 Å². The highest BCUT2D eigenvalue weighted by Gasteiger charge is 2.09. The number of halogens is 1. The summed E-state index contributed by atoms with van der Waals surface area (Å²) >= 11 is 6.19. The van der Waals surface area contributed by atoms with Gasteiger partial charge in [-0.1, -0.05) is 48.0 Å². The molecule has 4 aromatic rings. The summed E-state index contributed by atoms with van der Waals surface area (Å²) < 4.78 is 2.34. The van der Waals surface area contributed by atoms with E-state index in [2.05, 4.69) is 58.9 Å². The van der Waals surface area contributed by atoms with Crippen molar-refractivity contribution in [1.82, 2.24) is 4.57 Å². The van der Waals surface area contributed by atoms with Crippen LogP contribution in [-0.4, -0.2) is 10.8 Å². The van der Waals surface area contributed by atoms with Gasteiger partial charge in [0.2, 0.25) is 0 Å². The molecule has 0 spiro atoms. The van der Waals surface area contributed by atoms with Gasteiger partial charge in [-0.25, -0.2) is 0 Å². The number of aliphatic imine (C=N–C) groups is 1. The summed E-state index contributed by atoms with van der Waals surface area (Å²) in [6, 6.07) is 22.6. The van der Waals surface area contributed by atoms with Crippen LogP contribution in [0.25, 0.3) is 21.8 Å². The third-order valence-electron chi connectivity index (χ3n) is 4.33. The summed E-state index contributed by atoms with van der Waals surface area (Å²) in [4.78, 5) is 4.61. The number of nitrogens with zero attached hydrogens (tertiary/aromatic N) is 2. The maximum Gasteiger partial charge on any atom is 0.0637 e. The Morgan fingerprint density at radius 2 is 1.67 bits per heavy atom. The first-order valence-electron chi connectivity index (χ1n) is 8.07. The van der Waals surface area contributed by atoms with Crippen molar-refractivity contribution < 1.29 is 0 Å². The number of hydrogen-bond acceptors (Lipinski definition) is 1. The second-order valence-electron chi connectivity index (χ2n) is 5.74. The topological polar surface area (TPSA) is 17.3 Å². The minimum absolute atomic E-state index is 0.713. The summed E-state index contributed by atoms with van der Waals surface area (Å²) in [7, 11) is 0. The first-order valence-corrected chi connectivity index (χ1v) is 8.45. The van der Waals surface area contributed by atoms with Gasteiger partial charge in [0.1, 0.15) is 0 Å². The minimum Gasteiger partial charge on any atom is -0.341 e. The average Bonchev–Trinajstić information content (AvgIpc) is 2.94. The predicted octanol–water partition coefficient (Wildman–Crippen LogP) is 6.22. The highest BCUT2D eigenvalue weighted by molar-refractivity contribution is 6.33. The summed E-state index contributed by atoms with van der Waals surface area (Å²) in [5.74, 6) is 0. The highest BCUT2D eigenvalue weighted by atomic mass is 35.5. The van der Waals surface area contributed by atoms with Crippen molar-refractivity contribution in [2.24, 2.45) is 4.99 Å². The first kappa shape index (κ1) is 15.0. The van der Waals surface area contributed by atoms with Crippen molar-refractivity contribution in [2.45, 2.75) is 13.5 Å². The summed E-state index contributed by atoms with van der Waals surface area (Å²) in [6.45, 7) is 3.13. The Kier molecular flexibility index (Phi) is 3.83. The van der Waals surface area contributed by atoms with Crippen LogP contribution < -0.4 is 0 Å². The van der Waals surface area contributed by atoms with Crippen LogP contribution in [0.2, 0.25) is 5.02 Å². The Morgan fingerprint density at radius 3 is 2.50 bits per heavy atom. The molecule has 0 bridgehead atoms. The molecule has 3 aromatic carbocycles. The summed E-state index contributed by atoms with van der Waals surface area (Å²) in [5.41, 5.74) is 4.37. The monoisotopic (exact) mass is 332 g/mol. The lowest BCUT2D eigenvalue weighted by atomic mass is 10.1. The van der Waals surface area contributed by atoms with E-state index in [1.807, 2.05) is 30.5 Å². The number of fused-ring (bicyclic) bond motifs is 3. The molecule has 4 rings (SSSR count). The molecule has 0 unspecified atom stereocenters. The third-order valence-corrected chi connectivity index (χ3v) is 4.67. The van der Waals surface area contributed by atoms with Crippen LogP contribution in [0, 0.1) is 0 Å². The zero-order valence-electron chi connectivity index (χ0n) is 13.4. The number of benzene rings is 3. The van der Waals surface area contributed by atoms with Gasteiger partial charge in [-0.15, -0.1) is 0 Å². The molecule has 0 atom stereocenters. The Balaban J connectivity index is 1.84. The maximum absolute atomic E-state index is 6.19. The van der Waals surface area contributed by atoms with Gasteiger partial charge in [-0.3, -0.25) is 4.99 Å². The fourth-order valence-electron chi connectivity index (χ4n) is 3.19. The van der Waals surface area contributed by atoms with Crippen molar-refractivity contribution in [1.29, 1.82) is 0 Å². The van der Waals surface area contributed by atoms with E-state index in [9.17, 15) is 0 Å². The lowest BCUT2D eigenvalue weighted by Crippen LogP contribution is -1.92. The van der Waals surface area contributed by atoms with E-state index >= 15 is 0 Å². The molecule has 118 valence electrons. The van der Waals surface area contributed by atoms with E-state index in [4.69, 9.17) is 11.6 Å². The Morgan fingerprint density at radius 1 is 0.917 bits per heavy atom. The molecule has 0 fully saturated rings. The van der Waals surface area contributed by atoms with Crippen LogP contribution >= 0.6 is 11.6 Å². The molecule has 1 heterocycles. The third kappa shape index (κ3) is 2.49. The van der Waals surface area contributed by atoms with Gasteiger partial charge in [0.05, 0.1) is 5.69 Å². The fourth-order valence-corrected chi connectivity index (χ4v) is 3.37. The van der Waals surface area contributed by atoms with Gasteiger partial charge in [0.15, 0.2) is 0 Å². The molecule has 0 saturated carbocycles. The molecule has 0 aliphatic heterocycles. The van der Waals surface area contributed by atoms with Crippen LogP contribution in [0.15, 0.2) is 71.7 Å². The van der Waals surface area contributed by atoms with E-state index in [-0.39, 0.29) is 0 Å². The summed E-state index contributed by atoms with van der Waals surface area (Å²) in [5, 5.41) is 3.22. The molecule has 0 radical (unpaired) electrons. The quantitative estimate of drug-likeness (QED) is 0.396. The number of para-hydroxylation sites is 1. The average molecular weight is 333 g/mol. The second-order valence-corrected chi connectivity index (χ2v) is 6.15. The largest absolute Gasteiger partial charge is 0.341 e. The Labute approximate surface area is 146 Å². The molecular weight excluding hydrogens is 316 g/mol.